The maximum absolute atomic E-state index is 12.9. The van der Waals surface area contributed by atoms with Crippen LogP contribution >= 0.6 is 0 Å². The summed E-state index contributed by atoms with van der Waals surface area (Å²) in [5.74, 6) is 0.898. The molecule has 0 radical (unpaired) electrons. The Bertz CT molecular complexity index is 1090. The third-order valence-electron chi connectivity index (χ3n) is 3.61. The third-order valence-corrected chi connectivity index (χ3v) is 3.61. The number of aromatic nitrogens is 5. The number of rotatable bonds is 5. The van der Waals surface area contributed by atoms with Gasteiger partial charge in [0.25, 0.3) is 5.56 Å². The number of aromatic amines is 2. The zero-order valence-electron chi connectivity index (χ0n) is 13.4. The third kappa shape index (κ3) is 3.36. The van der Waals surface area contributed by atoms with Crippen LogP contribution in [0.1, 0.15) is 5.56 Å². The molecule has 0 saturated carbocycles. The van der Waals surface area contributed by atoms with Crippen LogP contribution in [0.3, 0.4) is 0 Å². The number of hydrogen-bond acceptors (Lipinski definition) is 6. The van der Waals surface area contributed by atoms with Gasteiger partial charge in [-0.2, -0.15) is 10.1 Å². The van der Waals surface area contributed by atoms with Gasteiger partial charge in [-0.1, -0.05) is 6.07 Å². The summed E-state index contributed by atoms with van der Waals surface area (Å²) in [6, 6.07) is 9.22. The highest BCUT2D eigenvalue weighted by atomic mass is 19.1. The van der Waals surface area contributed by atoms with Crippen LogP contribution in [0.2, 0.25) is 0 Å². The number of H-pyrrole nitrogens is 2. The summed E-state index contributed by atoms with van der Waals surface area (Å²) < 4.78 is 18.4. The van der Waals surface area contributed by atoms with Crippen molar-refractivity contribution in [3.05, 3.63) is 70.5 Å². The Balaban J connectivity index is 1.42. The van der Waals surface area contributed by atoms with E-state index in [1.807, 2.05) is 6.07 Å². The molecule has 8 nitrogen and oxygen atoms in total. The van der Waals surface area contributed by atoms with E-state index in [0.29, 0.717) is 35.2 Å². The Hall–Kier alpha value is -3.75. The standard InChI is InChI=1S/C17H13FN6O2/c18-11-2-4-12(5-3-11)26-14-6-1-10(7-19-14)8-20-17-22-15-13(9-21-24-15)16(25)23-17/h1-7,9H,8H2,(H3,20,21,22,23,24,25). The van der Waals surface area contributed by atoms with E-state index in [2.05, 4.69) is 30.5 Å². The first-order valence-electron chi connectivity index (χ1n) is 7.73. The second-order valence-corrected chi connectivity index (χ2v) is 5.46. The maximum atomic E-state index is 12.9. The minimum Gasteiger partial charge on any atom is -0.439 e. The second kappa shape index (κ2) is 6.63. The van der Waals surface area contributed by atoms with Crippen molar-refractivity contribution in [1.82, 2.24) is 25.1 Å². The Labute approximate surface area is 146 Å². The van der Waals surface area contributed by atoms with Gasteiger partial charge in [0, 0.05) is 18.8 Å². The lowest BCUT2D eigenvalue weighted by molar-refractivity contribution is 0.461. The van der Waals surface area contributed by atoms with Crippen LogP contribution in [0, 0.1) is 5.82 Å². The summed E-state index contributed by atoms with van der Waals surface area (Å²) in [7, 11) is 0. The fourth-order valence-electron chi connectivity index (χ4n) is 2.31. The van der Waals surface area contributed by atoms with Crippen molar-refractivity contribution in [2.45, 2.75) is 6.54 Å². The van der Waals surface area contributed by atoms with Crippen molar-refractivity contribution in [2.75, 3.05) is 5.32 Å². The first kappa shape index (κ1) is 15.8. The van der Waals surface area contributed by atoms with Crippen molar-refractivity contribution in [3.8, 4) is 11.6 Å². The van der Waals surface area contributed by atoms with E-state index in [4.69, 9.17) is 4.74 Å². The van der Waals surface area contributed by atoms with Gasteiger partial charge in [-0.3, -0.25) is 14.9 Å². The number of fused-ring (bicyclic) bond motifs is 1. The minimum atomic E-state index is -0.327. The monoisotopic (exact) mass is 352 g/mol. The van der Waals surface area contributed by atoms with Crippen LogP contribution in [0.5, 0.6) is 11.6 Å². The highest BCUT2D eigenvalue weighted by molar-refractivity contribution is 5.73. The lowest BCUT2D eigenvalue weighted by Crippen LogP contribution is -2.12. The Morgan fingerprint density at radius 1 is 1.12 bits per heavy atom. The van der Waals surface area contributed by atoms with Crippen molar-refractivity contribution >= 4 is 17.0 Å². The predicted octanol–water partition coefficient (Wildman–Crippen LogP) is 2.58. The number of anilines is 1. The molecule has 0 spiro atoms. The van der Waals surface area contributed by atoms with Gasteiger partial charge in [0.1, 0.15) is 17.0 Å². The first-order chi connectivity index (χ1) is 12.7. The highest BCUT2D eigenvalue weighted by Gasteiger charge is 2.05. The van der Waals surface area contributed by atoms with Gasteiger partial charge in [0.05, 0.1) is 6.20 Å². The van der Waals surface area contributed by atoms with Crippen LogP contribution in [0.4, 0.5) is 10.3 Å². The zero-order valence-corrected chi connectivity index (χ0v) is 13.4. The van der Waals surface area contributed by atoms with E-state index >= 15 is 0 Å². The molecule has 0 aliphatic rings. The molecule has 3 heterocycles. The SMILES string of the molecule is O=c1[nH]c(NCc2ccc(Oc3ccc(F)cc3)nc2)nc2[nH]ncc12. The van der Waals surface area contributed by atoms with Gasteiger partial charge in [0.2, 0.25) is 11.8 Å². The summed E-state index contributed by atoms with van der Waals surface area (Å²) in [4.78, 5) is 22.9. The molecule has 0 atom stereocenters. The van der Waals surface area contributed by atoms with E-state index < -0.39 is 0 Å². The molecule has 1 aromatic carbocycles. The van der Waals surface area contributed by atoms with Crippen LogP contribution in [-0.4, -0.2) is 25.1 Å². The average Bonchev–Trinajstić information content (AvgIpc) is 3.12. The molecular weight excluding hydrogens is 339 g/mol. The predicted molar refractivity (Wildman–Crippen MR) is 92.5 cm³/mol. The quantitative estimate of drug-likeness (QED) is 0.509. The summed E-state index contributed by atoms with van der Waals surface area (Å²) in [5.41, 5.74) is 1.01. The molecule has 9 heteroatoms. The topological polar surface area (TPSA) is 109 Å². The average molecular weight is 352 g/mol. The molecule has 0 unspecified atom stereocenters. The van der Waals surface area contributed by atoms with Crippen molar-refractivity contribution in [1.29, 1.82) is 0 Å². The number of pyridine rings is 1. The van der Waals surface area contributed by atoms with Crippen LogP contribution in [-0.2, 0) is 6.54 Å². The van der Waals surface area contributed by atoms with Crippen LogP contribution in [0.15, 0.2) is 53.6 Å². The molecule has 0 saturated heterocycles. The number of benzene rings is 1. The Morgan fingerprint density at radius 2 is 1.96 bits per heavy atom. The van der Waals surface area contributed by atoms with Gasteiger partial charge in [0.15, 0.2) is 5.65 Å². The maximum Gasteiger partial charge on any atom is 0.263 e. The molecule has 0 fully saturated rings. The summed E-state index contributed by atoms with van der Waals surface area (Å²) in [5, 5.41) is 9.87. The normalized spacial score (nSPS) is 10.8. The Kier molecular flexibility index (Phi) is 4.02. The number of ether oxygens (including phenoxy) is 1. The molecule has 0 bridgehead atoms. The molecule has 4 aromatic rings. The molecular formula is C17H13FN6O2. The number of nitrogens with zero attached hydrogens (tertiary/aromatic N) is 3. The molecule has 3 aromatic heterocycles. The lowest BCUT2D eigenvalue weighted by Gasteiger charge is -2.07. The van der Waals surface area contributed by atoms with Gasteiger partial charge in [-0.25, -0.2) is 9.37 Å². The van der Waals surface area contributed by atoms with E-state index in [-0.39, 0.29) is 11.4 Å². The summed E-state index contributed by atoms with van der Waals surface area (Å²) >= 11 is 0. The summed E-state index contributed by atoms with van der Waals surface area (Å²) in [6.45, 7) is 0.409. The molecule has 4 rings (SSSR count). The van der Waals surface area contributed by atoms with Crippen molar-refractivity contribution < 1.29 is 9.13 Å². The van der Waals surface area contributed by atoms with E-state index in [9.17, 15) is 9.18 Å². The van der Waals surface area contributed by atoms with E-state index in [1.54, 1.807) is 12.3 Å². The molecule has 0 aliphatic carbocycles. The number of hydrogen-bond donors (Lipinski definition) is 3. The Morgan fingerprint density at radius 3 is 2.73 bits per heavy atom. The zero-order chi connectivity index (χ0) is 17.9. The lowest BCUT2D eigenvalue weighted by atomic mass is 10.3. The fourth-order valence-corrected chi connectivity index (χ4v) is 2.31. The first-order valence-corrected chi connectivity index (χ1v) is 7.73. The smallest absolute Gasteiger partial charge is 0.263 e. The van der Waals surface area contributed by atoms with Gasteiger partial charge < -0.3 is 10.1 Å². The van der Waals surface area contributed by atoms with Crippen LogP contribution < -0.4 is 15.6 Å². The fraction of sp³-hybridized carbons (Fsp3) is 0.0588. The molecule has 3 N–H and O–H groups in total. The largest absolute Gasteiger partial charge is 0.439 e. The van der Waals surface area contributed by atoms with Crippen LogP contribution in [0.25, 0.3) is 11.0 Å². The van der Waals surface area contributed by atoms with E-state index in [1.165, 1.54) is 30.5 Å². The van der Waals surface area contributed by atoms with Gasteiger partial charge >= 0.3 is 0 Å². The molecule has 0 aliphatic heterocycles. The molecule has 0 amide bonds. The molecule has 130 valence electrons. The van der Waals surface area contributed by atoms with Gasteiger partial charge in [-0.05, 0) is 29.8 Å². The number of nitrogens with one attached hydrogen (secondary N) is 3. The van der Waals surface area contributed by atoms with Crippen molar-refractivity contribution in [2.24, 2.45) is 0 Å². The molecule has 26 heavy (non-hydrogen) atoms. The number of halogens is 1. The van der Waals surface area contributed by atoms with Crippen molar-refractivity contribution in [3.63, 3.8) is 0 Å². The van der Waals surface area contributed by atoms with E-state index in [0.717, 1.165) is 5.56 Å². The summed E-state index contributed by atoms with van der Waals surface area (Å²) in [6.07, 6.45) is 3.06. The highest BCUT2D eigenvalue weighted by Crippen LogP contribution is 2.19. The minimum absolute atomic E-state index is 0.271. The van der Waals surface area contributed by atoms with Gasteiger partial charge in [-0.15, -0.1) is 0 Å². The second-order valence-electron chi connectivity index (χ2n) is 5.46.